The molecule has 2 nitrogen and oxygen atoms in total. The molecule has 0 heterocycles. The van der Waals surface area contributed by atoms with Gasteiger partial charge in [-0.15, -0.1) is 0 Å². The summed E-state index contributed by atoms with van der Waals surface area (Å²) in [7, 11) is 0. The predicted molar refractivity (Wildman–Crippen MR) is 62.1 cm³/mol. The zero-order valence-electron chi connectivity index (χ0n) is 9.40. The van der Waals surface area contributed by atoms with E-state index in [9.17, 15) is 13.6 Å². The van der Waals surface area contributed by atoms with Gasteiger partial charge in [0.25, 0.3) is 0 Å². The fourth-order valence-corrected chi connectivity index (χ4v) is 1.48. The van der Waals surface area contributed by atoms with E-state index in [1.54, 1.807) is 30.3 Å². The molecule has 0 aliphatic heterocycles. The predicted octanol–water partition coefficient (Wildman–Crippen LogP) is 3.11. The molecule has 2 aromatic rings. The fraction of sp³-hybridized carbons (Fsp3) is 0.0714. The number of halogens is 2. The minimum Gasteiger partial charge on any atom is -0.426 e. The first-order valence-corrected chi connectivity index (χ1v) is 5.35. The highest BCUT2D eigenvalue weighted by Crippen LogP contribution is 2.13. The number of ether oxygens (including phenoxy) is 1. The van der Waals surface area contributed by atoms with E-state index in [4.69, 9.17) is 4.74 Å². The van der Waals surface area contributed by atoms with Gasteiger partial charge in [-0.05, 0) is 23.8 Å². The number of benzene rings is 2. The Balaban J connectivity index is 2.03. The van der Waals surface area contributed by atoms with Crippen LogP contribution in [0.25, 0.3) is 0 Å². The molecule has 0 N–H and O–H groups in total. The number of esters is 1. The quantitative estimate of drug-likeness (QED) is 0.616. The van der Waals surface area contributed by atoms with Crippen molar-refractivity contribution < 1.29 is 18.3 Å². The lowest BCUT2D eigenvalue weighted by Crippen LogP contribution is -2.12. The Morgan fingerprint density at radius 3 is 2.44 bits per heavy atom. The Kier molecular flexibility index (Phi) is 3.67. The minimum absolute atomic E-state index is 0.109. The lowest BCUT2D eigenvalue weighted by Gasteiger charge is -2.05. The van der Waals surface area contributed by atoms with Crippen molar-refractivity contribution in [3.8, 4) is 5.75 Å². The monoisotopic (exact) mass is 248 g/mol. The van der Waals surface area contributed by atoms with Gasteiger partial charge in [-0.25, -0.2) is 8.78 Å². The molecule has 18 heavy (non-hydrogen) atoms. The van der Waals surface area contributed by atoms with Crippen LogP contribution >= 0.6 is 0 Å². The molecule has 2 aromatic carbocycles. The second-order valence-corrected chi connectivity index (χ2v) is 3.70. The van der Waals surface area contributed by atoms with Gasteiger partial charge < -0.3 is 4.74 Å². The third kappa shape index (κ3) is 3.13. The first-order valence-electron chi connectivity index (χ1n) is 5.35. The van der Waals surface area contributed by atoms with E-state index in [-0.39, 0.29) is 12.0 Å². The number of hydrogen-bond donors (Lipinski definition) is 0. The first kappa shape index (κ1) is 12.2. The smallest absolute Gasteiger partial charge is 0.315 e. The van der Waals surface area contributed by atoms with Gasteiger partial charge in [0.2, 0.25) is 0 Å². The van der Waals surface area contributed by atoms with Crippen LogP contribution in [0.4, 0.5) is 8.78 Å². The van der Waals surface area contributed by atoms with Gasteiger partial charge in [0.05, 0.1) is 6.42 Å². The van der Waals surface area contributed by atoms with Crippen LogP contribution in [-0.2, 0) is 11.2 Å². The summed E-state index contributed by atoms with van der Waals surface area (Å²) in [5.41, 5.74) is 0.109. The molecule has 0 aliphatic carbocycles. The summed E-state index contributed by atoms with van der Waals surface area (Å²) in [5, 5.41) is 0. The maximum Gasteiger partial charge on any atom is 0.315 e. The lowest BCUT2D eigenvalue weighted by atomic mass is 10.1. The number of rotatable bonds is 3. The van der Waals surface area contributed by atoms with E-state index >= 15 is 0 Å². The molecule has 0 saturated heterocycles. The second-order valence-electron chi connectivity index (χ2n) is 3.70. The Morgan fingerprint density at radius 1 is 1.06 bits per heavy atom. The SMILES string of the molecule is O=C(Cc1ccc(F)cc1F)Oc1ccccc1. The van der Waals surface area contributed by atoms with Crippen molar-refractivity contribution in [2.75, 3.05) is 0 Å². The normalized spacial score (nSPS) is 10.1. The highest BCUT2D eigenvalue weighted by Gasteiger charge is 2.10. The summed E-state index contributed by atoms with van der Waals surface area (Å²) in [6.07, 6.45) is -0.235. The Bertz CT molecular complexity index is 553. The van der Waals surface area contributed by atoms with E-state index in [1.807, 2.05) is 0 Å². The minimum atomic E-state index is -0.750. The molecular formula is C14H10F2O2. The van der Waals surface area contributed by atoms with Crippen molar-refractivity contribution in [1.29, 1.82) is 0 Å². The molecule has 0 spiro atoms. The van der Waals surface area contributed by atoms with Crippen LogP contribution in [0.5, 0.6) is 5.75 Å². The average molecular weight is 248 g/mol. The standard InChI is InChI=1S/C14H10F2O2/c15-11-7-6-10(13(16)9-11)8-14(17)18-12-4-2-1-3-5-12/h1-7,9H,8H2. The third-order valence-corrected chi connectivity index (χ3v) is 2.32. The molecule has 0 radical (unpaired) electrons. The van der Waals surface area contributed by atoms with Crippen LogP contribution < -0.4 is 4.74 Å². The van der Waals surface area contributed by atoms with E-state index in [0.29, 0.717) is 5.75 Å². The molecule has 0 aliphatic rings. The van der Waals surface area contributed by atoms with E-state index in [0.717, 1.165) is 12.1 Å². The maximum absolute atomic E-state index is 13.3. The topological polar surface area (TPSA) is 26.3 Å². The van der Waals surface area contributed by atoms with Crippen molar-refractivity contribution in [2.24, 2.45) is 0 Å². The summed E-state index contributed by atoms with van der Waals surface area (Å²) < 4.78 is 31.0. The molecule has 0 fully saturated rings. The molecule has 0 aromatic heterocycles. The van der Waals surface area contributed by atoms with Crippen LogP contribution in [0.3, 0.4) is 0 Å². The van der Waals surface area contributed by atoms with Gasteiger partial charge >= 0.3 is 5.97 Å². The highest BCUT2D eigenvalue weighted by atomic mass is 19.1. The number of carbonyl (C=O) groups excluding carboxylic acids is 1. The van der Waals surface area contributed by atoms with Gasteiger partial charge in [0.15, 0.2) is 0 Å². The summed E-state index contributed by atoms with van der Waals surface area (Å²) in [5.74, 6) is -1.62. The van der Waals surface area contributed by atoms with Gasteiger partial charge in [0, 0.05) is 6.07 Å². The van der Waals surface area contributed by atoms with Crippen molar-refractivity contribution in [3.63, 3.8) is 0 Å². The van der Waals surface area contributed by atoms with Crippen LogP contribution in [0, 0.1) is 11.6 Å². The van der Waals surface area contributed by atoms with Gasteiger partial charge in [0.1, 0.15) is 17.4 Å². The number of para-hydroxylation sites is 1. The summed E-state index contributed by atoms with van der Waals surface area (Å²) in [6.45, 7) is 0. The van der Waals surface area contributed by atoms with Gasteiger partial charge in [-0.1, -0.05) is 24.3 Å². The number of carbonyl (C=O) groups is 1. The van der Waals surface area contributed by atoms with Crippen LogP contribution in [0.2, 0.25) is 0 Å². The Hall–Kier alpha value is -2.23. The lowest BCUT2D eigenvalue weighted by molar-refractivity contribution is -0.133. The fourth-order valence-electron chi connectivity index (χ4n) is 1.48. The van der Waals surface area contributed by atoms with Gasteiger partial charge in [-0.2, -0.15) is 0 Å². The average Bonchev–Trinajstić information content (AvgIpc) is 2.34. The number of hydrogen-bond acceptors (Lipinski definition) is 2. The molecular weight excluding hydrogens is 238 g/mol. The van der Waals surface area contributed by atoms with Crippen molar-refractivity contribution >= 4 is 5.97 Å². The van der Waals surface area contributed by atoms with E-state index in [2.05, 4.69) is 0 Å². The summed E-state index contributed by atoms with van der Waals surface area (Å²) in [6, 6.07) is 11.6. The summed E-state index contributed by atoms with van der Waals surface area (Å²) in [4.78, 5) is 11.5. The zero-order chi connectivity index (χ0) is 13.0. The van der Waals surface area contributed by atoms with Crippen molar-refractivity contribution in [1.82, 2.24) is 0 Å². The molecule has 0 saturated carbocycles. The van der Waals surface area contributed by atoms with Crippen LogP contribution in [0.15, 0.2) is 48.5 Å². The van der Waals surface area contributed by atoms with Crippen molar-refractivity contribution in [3.05, 3.63) is 65.7 Å². The Labute approximate surface area is 103 Å². The van der Waals surface area contributed by atoms with Crippen LogP contribution in [0.1, 0.15) is 5.56 Å². The zero-order valence-corrected chi connectivity index (χ0v) is 9.40. The van der Waals surface area contributed by atoms with Crippen LogP contribution in [-0.4, -0.2) is 5.97 Å². The Morgan fingerprint density at radius 2 is 1.78 bits per heavy atom. The molecule has 0 amide bonds. The highest BCUT2D eigenvalue weighted by molar-refractivity contribution is 5.75. The third-order valence-electron chi connectivity index (χ3n) is 2.32. The first-order chi connectivity index (χ1) is 8.65. The van der Waals surface area contributed by atoms with E-state index < -0.39 is 17.6 Å². The molecule has 4 heteroatoms. The summed E-state index contributed by atoms with van der Waals surface area (Å²) >= 11 is 0. The molecule has 0 unspecified atom stereocenters. The van der Waals surface area contributed by atoms with E-state index in [1.165, 1.54) is 6.07 Å². The van der Waals surface area contributed by atoms with Crippen molar-refractivity contribution in [2.45, 2.75) is 6.42 Å². The second kappa shape index (κ2) is 5.40. The van der Waals surface area contributed by atoms with Gasteiger partial charge in [-0.3, -0.25) is 4.79 Å². The molecule has 0 bridgehead atoms. The molecule has 92 valence electrons. The largest absolute Gasteiger partial charge is 0.426 e. The molecule has 2 rings (SSSR count). The molecule has 0 atom stereocenters. The maximum atomic E-state index is 13.3.